The molecule has 0 amide bonds. The zero-order valence-corrected chi connectivity index (χ0v) is 10.7. The van der Waals surface area contributed by atoms with Gasteiger partial charge in [0, 0.05) is 18.7 Å². The number of carboxylic acids is 1. The monoisotopic (exact) mass is 237 g/mol. The first-order valence-corrected chi connectivity index (χ1v) is 5.93. The SMILES string of the molecule is C=CCCC/C=C/CN(C)CCC(=C)C(=O)O. The van der Waals surface area contributed by atoms with Gasteiger partial charge >= 0.3 is 5.97 Å². The summed E-state index contributed by atoms with van der Waals surface area (Å²) in [6, 6.07) is 0. The lowest BCUT2D eigenvalue weighted by molar-refractivity contribution is -0.132. The van der Waals surface area contributed by atoms with Gasteiger partial charge in [-0.25, -0.2) is 4.79 Å². The summed E-state index contributed by atoms with van der Waals surface area (Å²) in [5.74, 6) is -0.904. The van der Waals surface area contributed by atoms with Crippen LogP contribution in [-0.2, 0) is 4.79 Å². The van der Waals surface area contributed by atoms with Crippen LogP contribution in [0.25, 0.3) is 0 Å². The Bertz CT molecular complexity index is 282. The van der Waals surface area contributed by atoms with Gasteiger partial charge in [-0.1, -0.05) is 24.8 Å². The molecule has 0 aliphatic rings. The molecule has 17 heavy (non-hydrogen) atoms. The molecule has 0 saturated carbocycles. The van der Waals surface area contributed by atoms with E-state index in [1.807, 2.05) is 13.1 Å². The molecule has 0 rings (SSSR count). The van der Waals surface area contributed by atoms with Gasteiger partial charge in [-0.3, -0.25) is 0 Å². The van der Waals surface area contributed by atoms with Gasteiger partial charge < -0.3 is 10.0 Å². The van der Waals surface area contributed by atoms with E-state index >= 15 is 0 Å². The van der Waals surface area contributed by atoms with Crippen LogP contribution in [0.15, 0.2) is 37.0 Å². The second-order valence-corrected chi connectivity index (χ2v) is 4.11. The fourth-order valence-electron chi connectivity index (χ4n) is 1.28. The van der Waals surface area contributed by atoms with Gasteiger partial charge in [0.25, 0.3) is 0 Å². The molecule has 1 N–H and O–H groups in total. The Labute approximate surface area is 104 Å². The van der Waals surface area contributed by atoms with E-state index in [9.17, 15) is 4.79 Å². The highest BCUT2D eigenvalue weighted by molar-refractivity contribution is 5.85. The molecule has 3 nitrogen and oxygen atoms in total. The zero-order chi connectivity index (χ0) is 13.1. The van der Waals surface area contributed by atoms with Crippen LogP contribution >= 0.6 is 0 Å². The number of carbonyl (C=O) groups is 1. The average molecular weight is 237 g/mol. The molecule has 0 aromatic carbocycles. The van der Waals surface area contributed by atoms with Gasteiger partial charge in [0.1, 0.15) is 0 Å². The van der Waals surface area contributed by atoms with Gasteiger partial charge in [-0.15, -0.1) is 6.58 Å². The quantitative estimate of drug-likeness (QED) is 0.361. The highest BCUT2D eigenvalue weighted by Gasteiger charge is 2.04. The van der Waals surface area contributed by atoms with Crippen molar-refractivity contribution in [3.8, 4) is 0 Å². The van der Waals surface area contributed by atoms with Crippen molar-refractivity contribution in [3.05, 3.63) is 37.0 Å². The Balaban J connectivity index is 3.58. The van der Waals surface area contributed by atoms with E-state index in [1.165, 1.54) is 0 Å². The van der Waals surface area contributed by atoms with Gasteiger partial charge in [-0.2, -0.15) is 0 Å². The topological polar surface area (TPSA) is 40.5 Å². The Morgan fingerprint density at radius 2 is 2.06 bits per heavy atom. The minimum Gasteiger partial charge on any atom is -0.478 e. The van der Waals surface area contributed by atoms with E-state index in [-0.39, 0.29) is 5.57 Å². The van der Waals surface area contributed by atoms with E-state index in [2.05, 4.69) is 30.2 Å². The van der Waals surface area contributed by atoms with Crippen molar-refractivity contribution in [3.63, 3.8) is 0 Å². The van der Waals surface area contributed by atoms with Crippen LogP contribution in [0.4, 0.5) is 0 Å². The molecular weight excluding hydrogens is 214 g/mol. The molecule has 0 aromatic heterocycles. The molecule has 0 spiro atoms. The number of carboxylic acid groups (broad SMARTS) is 1. The second kappa shape index (κ2) is 9.85. The summed E-state index contributed by atoms with van der Waals surface area (Å²) in [6.45, 7) is 8.75. The Hall–Kier alpha value is -1.35. The summed E-state index contributed by atoms with van der Waals surface area (Å²) in [6.07, 6.45) is 9.98. The van der Waals surface area contributed by atoms with Gasteiger partial charge in [-0.05, 0) is 32.7 Å². The molecule has 0 atom stereocenters. The van der Waals surface area contributed by atoms with Crippen LogP contribution in [0, 0.1) is 0 Å². The van der Waals surface area contributed by atoms with E-state index in [4.69, 9.17) is 5.11 Å². The van der Waals surface area contributed by atoms with Crippen LogP contribution in [0.5, 0.6) is 0 Å². The van der Waals surface area contributed by atoms with Crippen LogP contribution < -0.4 is 0 Å². The summed E-state index contributed by atoms with van der Waals surface area (Å²) < 4.78 is 0. The first kappa shape index (κ1) is 15.7. The van der Waals surface area contributed by atoms with Crippen LogP contribution in [0.2, 0.25) is 0 Å². The van der Waals surface area contributed by atoms with Gasteiger partial charge in [0.2, 0.25) is 0 Å². The second-order valence-electron chi connectivity index (χ2n) is 4.11. The minimum atomic E-state index is -0.904. The summed E-state index contributed by atoms with van der Waals surface area (Å²) in [5.41, 5.74) is 0.270. The Morgan fingerprint density at radius 1 is 1.35 bits per heavy atom. The Morgan fingerprint density at radius 3 is 2.65 bits per heavy atom. The zero-order valence-electron chi connectivity index (χ0n) is 10.7. The summed E-state index contributed by atoms with van der Waals surface area (Å²) in [5, 5.41) is 8.65. The molecule has 0 fully saturated rings. The maximum Gasteiger partial charge on any atom is 0.331 e. The summed E-state index contributed by atoms with van der Waals surface area (Å²) in [4.78, 5) is 12.6. The predicted molar refractivity (Wildman–Crippen MR) is 72.1 cm³/mol. The van der Waals surface area contributed by atoms with Crippen molar-refractivity contribution < 1.29 is 9.90 Å². The van der Waals surface area contributed by atoms with Gasteiger partial charge in [0.15, 0.2) is 0 Å². The third kappa shape index (κ3) is 9.57. The maximum absolute atomic E-state index is 10.5. The van der Waals surface area contributed by atoms with Crippen molar-refractivity contribution in [1.82, 2.24) is 4.90 Å². The fourth-order valence-corrected chi connectivity index (χ4v) is 1.28. The number of hydrogen-bond acceptors (Lipinski definition) is 2. The third-order valence-electron chi connectivity index (χ3n) is 2.46. The molecule has 0 bridgehead atoms. The van der Waals surface area contributed by atoms with Crippen LogP contribution in [0.1, 0.15) is 25.7 Å². The molecule has 0 aliphatic carbocycles. The number of rotatable bonds is 10. The molecule has 0 aromatic rings. The van der Waals surface area contributed by atoms with E-state index in [0.717, 1.165) is 32.4 Å². The largest absolute Gasteiger partial charge is 0.478 e. The minimum absolute atomic E-state index is 0.270. The molecule has 96 valence electrons. The normalized spacial score (nSPS) is 10.9. The molecule has 0 radical (unpaired) electrons. The highest BCUT2D eigenvalue weighted by atomic mass is 16.4. The van der Waals surface area contributed by atoms with Crippen molar-refractivity contribution >= 4 is 5.97 Å². The summed E-state index contributed by atoms with van der Waals surface area (Å²) >= 11 is 0. The van der Waals surface area contributed by atoms with Crippen molar-refractivity contribution in [2.45, 2.75) is 25.7 Å². The van der Waals surface area contributed by atoms with Crippen molar-refractivity contribution in [1.29, 1.82) is 0 Å². The number of aliphatic carboxylic acids is 1. The van der Waals surface area contributed by atoms with Crippen molar-refractivity contribution in [2.24, 2.45) is 0 Å². The smallest absolute Gasteiger partial charge is 0.331 e. The molecule has 3 heteroatoms. The third-order valence-corrected chi connectivity index (χ3v) is 2.46. The number of unbranched alkanes of at least 4 members (excludes halogenated alkanes) is 2. The van der Waals surface area contributed by atoms with Gasteiger partial charge in [0.05, 0.1) is 0 Å². The van der Waals surface area contributed by atoms with E-state index in [0.29, 0.717) is 6.42 Å². The molecule has 0 saturated heterocycles. The number of hydrogen-bond donors (Lipinski definition) is 1. The van der Waals surface area contributed by atoms with E-state index < -0.39 is 5.97 Å². The number of nitrogens with zero attached hydrogens (tertiary/aromatic N) is 1. The molecule has 0 aliphatic heterocycles. The summed E-state index contributed by atoms with van der Waals surface area (Å²) in [7, 11) is 1.98. The first-order valence-electron chi connectivity index (χ1n) is 5.93. The standard InChI is InChI=1S/C14H23NO2/c1-4-5-6-7-8-9-11-15(3)12-10-13(2)14(16)17/h4,8-9H,1-2,5-7,10-12H2,3H3,(H,16,17)/b9-8+. The molecular formula is C14H23NO2. The number of likely N-dealkylation sites (N-methyl/N-ethyl adjacent to an activating group) is 1. The average Bonchev–Trinajstić information content (AvgIpc) is 2.30. The maximum atomic E-state index is 10.5. The van der Waals surface area contributed by atoms with E-state index in [1.54, 1.807) is 0 Å². The Kier molecular flexibility index (Phi) is 9.06. The first-order chi connectivity index (χ1) is 8.07. The lowest BCUT2D eigenvalue weighted by Crippen LogP contribution is -2.20. The fraction of sp³-hybridized carbons (Fsp3) is 0.500. The molecule has 0 heterocycles. The highest BCUT2D eigenvalue weighted by Crippen LogP contribution is 2.00. The van der Waals surface area contributed by atoms with Crippen molar-refractivity contribution in [2.75, 3.05) is 20.1 Å². The lowest BCUT2D eigenvalue weighted by atomic mass is 10.2. The number of allylic oxidation sites excluding steroid dienone is 2. The predicted octanol–water partition coefficient (Wildman–Crippen LogP) is 2.86. The van der Waals surface area contributed by atoms with Crippen LogP contribution in [-0.4, -0.2) is 36.1 Å². The lowest BCUT2D eigenvalue weighted by Gasteiger charge is -2.13. The van der Waals surface area contributed by atoms with Crippen LogP contribution in [0.3, 0.4) is 0 Å². The molecule has 0 unspecified atom stereocenters.